The van der Waals surface area contributed by atoms with Gasteiger partial charge < -0.3 is 20.5 Å². The molecule has 1 saturated heterocycles. The van der Waals surface area contributed by atoms with Crippen molar-refractivity contribution in [2.24, 2.45) is 0 Å². The van der Waals surface area contributed by atoms with Gasteiger partial charge in [0.25, 0.3) is 0 Å². The van der Waals surface area contributed by atoms with Gasteiger partial charge in [0.15, 0.2) is 0 Å². The van der Waals surface area contributed by atoms with Crippen molar-refractivity contribution >= 4 is 57.5 Å². The van der Waals surface area contributed by atoms with Crippen LogP contribution in [0.2, 0.25) is 10.0 Å². The molecule has 33 heavy (non-hydrogen) atoms. The number of rotatable bonds is 4. The standard InChI is InChI=1S/C24H22Cl2N6O/c25-19-7-2-8-20(26)21(19)31-24(33)30-17-6-1-4-15(12-17)16-5-3-11-32(13-16)23-18-9-10-27-22(18)28-14-29-23/h1-2,4,6-10,12,14,16H,3,5,11,13H2,(H,27,28,29)(H2,30,31,33)/t16-/m1/s1. The Kier molecular flexibility index (Phi) is 6.07. The van der Waals surface area contributed by atoms with E-state index in [9.17, 15) is 4.79 Å². The molecule has 3 heterocycles. The lowest BCUT2D eigenvalue weighted by Crippen LogP contribution is -2.35. The third kappa shape index (κ3) is 4.60. The number of halogens is 2. The van der Waals surface area contributed by atoms with Gasteiger partial charge in [-0.3, -0.25) is 0 Å². The number of hydrogen-bond donors (Lipinski definition) is 3. The second-order valence-corrected chi connectivity index (χ2v) is 8.84. The summed E-state index contributed by atoms with van der Waals surface area (Å²) in [5.41, 5.74) is 3.12. The minimum atomic E-state index is -0.400. The van der Waals surface area contributed by atoms with Crippen LogP contribution < -0.4 is 15.5 Å². The summed E-state index contributed by atoms with van der Waals surface area (Å²) in [4.78, 5) is 26.9. The first-order valence-electron chi connectivity index (χ1n) is 10.7. The average Bonchev–Trinajstić information content (AvgIpc) is 3.31. The Morgan fingerprint density at radius 2 is 1.88 bits per heavy atom. The van der Waals surface area contributed by atoms with Crippen LogP contribution in [0.1, 0.15) is 24.3 Å². The maximum Gasteiger partial charge on any atom is 0.323 e. The van der Waals surface area contributed by atoms with Crippen LogP contribution >= 0.6 is 23.2 Å². The number of carbonyl (C=O) groups excluding carboxylic acids is 1. The van der Waals surface area contributed by atoms with E-state index in [1.54, 1.807) is 24.5 Å². The summed E-state index contributed by atoms with van der Waals surface area (Å²) in [7, 11) is 0. The number of nitrogens with zero attached hydrogens (tertiary/aromatic N) is 3. The molecule has 1 aliphatic heterocycles. The van der Waals surface area contributed by atoms with Gasteiger partial charge in [-0.1, -0.05) is 41.4 Å². The molecule has 2 aromatic heterocycles. The zero-order valence-corrected chi connectivity index (χ0v) is 19.2. The molecule has 0 bridgehead atoms. The van der Waals surface area contributed by atoms with E-state index in [4.69, 9.17) is 23.2 Å². The summed E-state index contributed by atoms with van der Waals surface area (Å²) in [5, 5.41) is 7.41. The summed E-state index contributed by atoms with van der Waals surface area (Å²) in [6, 6.07) is 14.7. The molecule has 1 atom stereocenters. The first-order valence-corrected chi connectivity index (χ1v) is 11.5. The fraction of sp³-hybridized carbons (Fsp3) is 0.208. The second kappa shape index (κ2) is 9.29. The molecule has 1 aliphatic rings. The molecule has 2 aromatic carbocycles. The van der Waals surface area contributed by atoms with E-state index in [1.165, 1.54) is 5.56 Å². The SMILES string of the molecule is O=C(Nc1cccc([C@@H]2CCCN(c3ncnc4[nH]ccc34)C2)c1)Nc1c(Cl)cccc1Cl. The lowest BCUT2D eigenvalue weighted by molar-refractivity contribution is 0.262. The van der Waals surface area contributed by atoms with Crippen LogP contribution in [0.5, 0.6) is 0 Å². The van der Waals surface area contributed by atoms with Crippen molar-refractivity contribution in [2.45, 2.75) is 18.8 Å². The summed E-state index contributed by atoms with van der Waals surface area (Å²) in [5.74, 6) is 1.28. The molecule has 0 unspecified atom stereocenters. The van der Waals surface area contributed by atoms with Gasteiger partial charge in [-0.2, -0.15) is 0 Å². The Bertz CT molecular complexity index is 1290. The van der Waals surface area contributed by atoms with E-state index in [-0.39, 0.29) is 0 Å². The highest BCUT2D eigenvalue weighted by Crippen LogP contribution is 2.33. The van der Waals surface area contributed by atoms with E-state index in [0.717, 1.165) is 42.8 Å². The molecule has 2 amide bonds. The number of urea groups is 1. The Morgan fingerprint density at radius 3 is 2.73 bits per heavy atom. The summed E-state index contributed by atoms with van der Waals surface area (Å²) in [6.45, 7) is 1.80. The van der Waals surface area contributed by atoms with E-state index >= 15 is 0 Å². The first-order chi connectivity index (χ1) is 16.1. The summed E-state index contributed by atoms with van der Waals surface area (Å²) < 4.78 is 0. The summed E-state index contributed by atoms with van der Waals surface area (Å²) in [6.07, 6.45) is 5.62. The number of amides is 2. The monoisotopic (exact) mass is 480 g/mol. The number of para-hydroxylation sites is 1. The van der Waals surface area contributed by atoms with Crippen LogP contribution in [0.3, 0.4) is 0 Å². The lowest BCUT2D eigenvalue weighted by atomic mass is 9.90. The maximum absolute atomic E-state index is 12.5. The predicted molar refractivity (Wildman–Crippen MR) is 134 cm³/mol. The number of nitrogens with one attached hydrogen (secondary N) is 3. The van der Waals surface area contributed by atoms with Crippen molar-refractivity contribution in [3.8, 4) is 0 Å². The number of hydrogen-bond acceptors (Lipinski definition) is 4. The van der Waals surface area contributed by atoms with Gasteiger partial charge in [0, 0.05) is 30.9 Å². The van der Waals surface area contributed by atoms with Crippen LogP contribution in [0.25, 0.3) is 11.0 Å². The number of benzene rings is 2. The largest absolute Gasteiger partial charge is 0.355 e. The van der Waals surface area contributed by atoms with Crippen molar-refractivity contribution < 1.29 is 4.79 Å². The highest BCUT2D eigenvalue weighted by atomic mass is 35.5. The topological polar surface area (TPSA) is 85.9 Å². The van der Waals surface area contributed by atoms with Crippen molar-refractivity contribution in [1.82, 2.24) is 15.0 Å². The summed E-state index contributed by atoms with van der Waals surface area (Å²) >= 11 is 12.3. The van der Waals surface area contributed by atoms with Gasteiger partial charge in [-0.25, -0.2) is 14.8 Å². The highest BCUT2D eigenvalue weighted by Gasteiger charge is 2.24. The van der Waals surface area contributed by atoms with Crippen molar-refractivity contribution in [1.29, 1.82) is 0 Å². The van der Waals surface area contributed by atoms with Gasteiger partial charge in [-0.05, 0) is 48.7 Å². The second-order valence-electron chi connectivity index (χ2n) is 8.02. The number of carbonyl (C=O) groups is 1. The van der Waals surface area contributed by atoms with Crippen LogP contribution in [0.4, 0.5) is 22.0 Å². The number of anilines is 3. The molecule has 7 nitrogen and oxygen atoms in total. The van der Waals surface area contributed by atoms with E-state index in [2.05, 4.69) is 36.6 Å². The molecule has 0 spiro atoms. The number of piperidine rings is 1. The molecule has 4 aromatic rings. The number of H-pyrrole nitrogens is 1. The molecule has 0 radical (unpaired) electrons. The maximum atomic E-state index is 12.5. The molecule has 0 saturated carbocycles. The zero-order chi connectivity index (χ0) is 22.8. The van der Waals surface area contributed by atoms with Gasteiger partial charge in [-0.15, -0.1) is 0 Å². The smallest absolute Gasteiger partial charge is 0.323 e. The molecular weight excluding hydrogens is 459 g/mol. The van der Waals surface area contributed by atoms with Crippen LogP contribution in [-0.2, 0) is 0 Å². The Morgan fingerprint density at radius 1 is 1.06 bits per heavy atom. The molecule has 9 heteroatoms. The zero-order valence-electron chi connectivity index (χ0n) is 17.7. The molecule has 3 N–H and O–H groups in total. The number of aromatic amines is 1. The fourth-order valence-corrected chi connectivity index (χ4v) is 4.81. The number of fused-ring (bicyclic) bond motifs is 1. The molecule has 5 rings (SSSR count). The fourth-order valence-electron chi connectivity index (χ4n) is 4.32. The Labute approximate surface area is 201 Å². The van der Waals surface area contributed by atoms with E-state index in [0.29, 0.717) is 27.3 Å². The normalized spacial score (nSPS) is 16.1. The van der Waals surface area contributed by atoms with Crippen molar-refractivity contribution in [2.75, 3.05) is 28.6 Å². The Balaban J connectivity index is 1.30. The third-order valence-electron chi connectivity index (χ3n) is 5.87. The third-order valence-corrected chi connectivity index (χ3v) is 6.50. The minimum absolute atomic E-state index is 0.325. The van der Waals surface area contributed by atoms with E-state index < -0.39 is 6.03 Å². The van der Waals surface area contributed by atoms with Gasteiger partial charge >= 0.3 is 6.03 Å². The molecule has 1 fully saturated rings. The minimum Gasteiger partial charge on any atom is -0.355 e. The van der Waals surface area contributed by atoms with Crippen LogP contribution in [0.15, 0.2) is 61.1 Å². The highest BCUT2D eigenvalue weighted by molar-refractivity contribution is 6.39. The Hall–Kier alpha value is -3.29. The van der Waals surface area contributed by atoms with Gasteiger partial charge in [0.2, 0.25) is 0 Å². The van der Waals surface area contributed by atoms with Crippen LogP contribution in [-0.4, -0.2) is 34.1 Å². The molecule has 168 valence electrons. The van der Waals surface area contributed by atoms with E-state index in [1.807, 2.05) is 30.5 Å². The molecular formula is C24H22Cl2N6O. The first kappa shape index (κ1) is 21.6. The average molecular weight is 481 g/mol. The quantitative estimate of drug-likeness (QED) is 0.320. The van der Waals surface area contributed by atoms with Gasteiger partial charge in [0.05, 0.1) is 21.1 Å². The van der Waals surface area contributed by atoms with Crippen LogP contribution in [0, 0.1) is 0 Å². The van der Waals surface area contributed by atoms with Gasteiger partial charge in [0.1, 0.15) is 17.8 Å². The lowest BCUT2D eigenvalue weighted by Gasteiger charge is -2.34. The van der Waals surface area contributed by atoms with Crippen molar-refractivity contribution in [3.63, 3.8) is 0 Å². The molecule has 0 aliphatic carbocycles. The van der Waals surface area contributed by atoms with Crippen molar-refractivity contribution in [3.05, 3.63) is 76.7 Å². The number of aromatic nitrogens is 3. The predicted octanol–water partition coefficient (Wildman–Crippen LogP) is 6.29.